The van der Waals surface area contributed by atoms with Crippen LogP contribution in [0.25, 0.3) is 0 Å². The van der Waals surface area contributed by atoms with E-state index in [1.54, 1.807) is 11.8 Å². The number of ether oxygens (including phenoxy) is 1. The maximum Gasteiger partial charge on any atom is 0.338 e. The Kier molecular flexibility index (Phi) is 7.83. The van der Waals surface area contributed by atoms with Gasteiger partial charge in [0.25, 0.3) is 0 Å². The standard InChI is InChI=1S/C21H36N2O3S/c1-7-27-19-18(20(24)25)15(2)13-17(22-11-12-26-16(3)14-22)23(19)10-8-9-21(4,5)6/h13,16-17H,7-12,14H2,1-6H3,(H,24,25). The molecule has 2 unspecified atom stereocenters. The Labute approximate surface area is 168 Å². The van der Waals surface area contributed by atoms with E-state index in [2.05, 4.69) is 50.5 Å². The molecule has 0 radical (unpaired) electrons. The summed E-state index contributed by atoms with van der Waals surface area (Å²) >= 11 is 1.65. The molecule has 0 aromatic heterocycles. The summed E-state index contributed by atoms with van der Waals surface area (Å²) in [5.74, 6) is 0.0378. The van der Waals surface area contributed by atoms with Gasteiger partial charge in [-0.1, -0.05) is 27.7 Å². The summed E-state index contributed by atoms with van der Waals surface area (Å²) in [4.78, 5) is 16.8. The van der Waals surface area contributed by atoms with Gasteiger partial charge in [-0.2, -0.15) is 0 Å². The quantitative estimate of drug-likeness (QED) is 0.697. The fraction of sp³-hybridized carbons (Fsp3) is 0.762. The Morgan fingerprint density at radius 3 is 2.67 bits per heavy atom. The molecule has 2 heterocycles. The molecule has 5 nitrogen and oxygen atoms in total. The van der Waals surface area contributed by atoms with Gasteiger partial charge in [-0.25, -0.2) is 4.79 Å². The predicted octanol–water partition coefficient (Wildman–Crippen LogP) is 4.17. The van der Waals surface area contributed by atoms with Gasteiger partial charge in [0.1, 0.15) is 6.17 Å². The average molecular weight is 397 g/mol. The molecule has 0 spiro atoms. The second-order valence-electron chi connectivity index (χ2n) is 8.72. The number of nitrogens with zero attached hydrogens (tertiary/aromatic N) is 2. The van der Waals surface area contributed by atoms with Gasteiger partial charge in [-0.3, -0.25) is 4.90 Å². The van der Waals surface area contributed by atoms with Crippen molar-refractivity contribution in [3.05, 3.63) is 22.3 Å². The molecule has 0 saturated carbocycles. The van der Waals surface area contributed by atoms with Crippen LogP contribution in [0.2, 0.25) is 0 Å². The number of carbonyl (C=O) groups is 1. The number of hydrogen-bond acceptors (Lipinski definition) is 5. The lowest BCUT2D eigenvalue weighted by molar-refractivity contribution is -0.132. The van der Waals surface area contributed by atoms with Gasteiger partial charge in [-0.05, 0) is 49.5 Å². The number of rotatable bonds is 7. The molecule has 6 heteroatoms. The van der Waals surface area contributed by atoms with E-state index >= 15 is 0 Å². The van der Waals surface area contributed by atoms with Gasteiger partial charge >= 0.3 is 5.97 Å². The Balaban J connectivity index is 2.33. The fourth-order valence-electron chi connectivity index (χ4n) is 3.78. The monoisotopic (exact) mass is 396 g/mol. The first-order chi connectivity index (χ1) is 12.6. The van der Waals surface area contributed by atoms with Crippen molar-refractivity contribution in [1.29, 1.82) is 0 Å². The van der Waals surface area contributed by atoms with E-state index in [-0.39, 0.29) is 17.7 Å². The Morgan fingerprint density at radius 2 is 2.11 bits per heavy atom. The topological polar surface area (TPSA) is 53.0 Å². The Bertz CT molecular complexity index is 595. The third kappa shape index (κ3) is 6.00. The van der Waals surface area contributed by atoms with Gasteiger partial charge in [0, 0.05) is 19.6 Å². The predicted molar refractivity (Wildman–Crippen MR) is 113 cm³/mol. The summed E-state index contributed by atoms with van der Waals surface area (Å²) in [5, 5.41) is 10.8. The van der Waals surface area contributed by atoms with Gasteiger partial charge in [0.05, 0.1) is 23.3 Å². The molecule has 1 N–H and O–H groups in total. The van der Waals surface area contributed by atoms with Crippen molar-refractivity contribution < 1.29 is 14.6 Å². The minimum atomic E-state index is -0.825. The summed E-state index contributed by atoms with van der Waals surface area (Å²) in [6, 6.07) is 0. The molecule has 1 fully saturated rings. The van der Waals surface area contributed by atoms with Crippen molar-refractivity contribution in [2.24, 2.45) is 5.41 Å². The molecule has 2 rings (SSSR count). The minimum absolute atomic E-state index is 0.105. The molecule has 0 aliphatic carbocycles. The highest BCUT2D eigenvalue weighted by molar-refractivity contribution is 8.03. The first-order valence-corrected chi connectivity index (χ1v) is 11.0. The fourth-order valence-corrected chi connectivity index (χ4v) is 4.81. The van der Waals surface area contributed by atoms with Crippen LogP contribution in [0.5, 0.6) is 0 Å². The van der Waals surface area contributed by atoms with E-state index in [1.165, 1.54) is 0 Å². The number of carboxylic acid groups (broad SMARTS) is 1. The highest BCUT2D eigenvalue weighted by Crippen LogP contribution is 2.36. The third-order valence-corrected chi connectivity index (χ3v) is 6.06. The zero-order chi connectivity index (χ0) is 20.2. The molecular formula is C21H36N2O3S. The van der Waals surface area contributed by atoms with E-state index in [0.717, 1.165) is 55.4 Å². The van der Waals surface area contributed by atoms with Crippen molar-refractivity contribution in [2.45, 2.75) is 66.7 Å². The molecular weight excluding hydrogens is 360 g/mol. The maximum absolute atomic E-state index is 12.0. The summed E-state index contributed by atoms with van der Waals surface area (Å²) in [7, 11) is 0. The molecule has 2 aliphatic heterocycles. The third-order valence-electron chi connectivity index (χ3n) is 5.05. The molecule has 2 aliphatic rings. The van der Waals surface area contributed by atoms with Crippen LogP contribution in [-0.4, -0.2) is 65.1 Å². The van der Waals surface area contributed by atoms with E-state index < -0.39 is 5.97 Å². The highest BCUT2D eigenvalue weighted by atomic mass is 32.2. The van der Waals surface area contributed by atoms with E-state index in [4.69, 9.17) is 4.74 Å². The van der Waals surface area contributed by atoms with Crippen molar-refractivity contribution in [2.75, 3.05) is 32.0 Å². The second-order valence-corrected chi connectivity index (χ2v) is 9.97. The number of hydrogen-bond donors (Lipinski definition) is 1. The van der Waals surface area contributed by atoms with E-state index in [0.29, 0.717) is 5.57 Å². The second kappa shape index (κ2) is 9.48. The summed E-state index contributed by atoms with van der Waals surface area (Å²) in [5.41, 5.74) is 1.62. The van der Waals surface area contributed by atoms with Crippen LogP contribution in [0.15, 0.2) is 22.3 Å². The van der Waals surface area contributed by atoms with Crippen LogP contribution in [-0.2, 0) is 9.53 Å². The molecule has 27 heavy (non-hydrogen) atoms. The van der Waals surface area contributed by atoms with Crippen LogP contribution < -0.4 is 0 Å². The summed E-state index contributed by atoms with van der Waals surface area (Å²) in [6.07, 6.45) is 4.61. The molecule has 2 atom stereocenters. The van der Waals surface area contributed by atoms with Gasteiger partial charge in [0.2, 0.25) is 0 Å². The van der Waals surface area contributed by atoms with Crippen molar-refractivity contribution in [3.8, 4) is 0 Å². The van der Waals surface area contributed by atoms with Crippen LogP contribution in [0.3, 0.4) is 0 Å². The molecule has 1 saturated heterocycles. The Hall–Kier alpha value is -0.980. The number of aliphatic carboxylic acids is 1. The van der Waals surface area contributed by atoms with E-state index in [1.807, 2.05) is 6.92 Å². The maximum atomic E-state index is 12.0. The van der Waals surface area contributed by atoms with Crippen LogP contribution >= 0.6 is 11.8 Å². The number of morpholine rings is 1. The van der Waals surface area contributed by atoms with E-state index in [9.17, 15) is 9.90 Å². The molecule has 0 aromatic rings. The zero-order valence-electron chi connectivity index (χ0n) is 17.7. The summed E-state index contributed by atoms with van der Waals surface area (Å²) in [6.45, 7) is 16.3. The molecule has 154 valence electrons. The van der Waals surface area contributed by atoms with Crippen LogP contribution in [0.1, 0.15) is 54.4 Å². The average Bonchev–Trinajstić information content (AvgIpc) is 2.55. The van der Waals surface area contributed by atoms with Crippen LogP contribution in [0, 0.1) is 5.41 Å². The SMILES string of the molecule is CCSC1=C(C(=O)O)C(C)=CC(N2CCOC(C)C2)N1CCCC(C)(C)C. The lowest BCUT2D eigenvalue weighted by Gasteiger charge is -2.46. The lowest BCUT2D eigenvalue weighted by atomic mass is 9.90. The number of carboxylic acids is 1. The highest BCUT2D eigenvalue weighted by Gasteiger charge is 2.35. The van der Waals surface area contributed by atoms with Crippen molar-refractivity contribution >= 4 is 17.7 Å². The Morgan fingerprint density at radius 1 is 1.41 bits per heavy atom. The first-order valence-electron chi connectivity index (χ1n) is 10.1. The van der Waals surface area contributed by atoms with Gasteiger partial charge in [0.15, 0.2) is 0 Å². The van der Waals surface area contributed by atoms with Crippen molar-refractivity contribution in [1.82, 2.24) is 9.80 Å². The van der Waals surface area contributed by atoms with Crippen molar-refractivity contribution in [3.63, 3.8) is 0 Å². The van der Waals surface area contributed by atoms with Gasteiger partial charge < -0.3 is 14.7 Å². The minimum Gasteiger partial charge on any atom is -0.478 e. The normalized spacial score (nSPS) is 25.0. The molecule has 0 aromatic carbocycles. The molecule has 0 bridgehead atoms. The lowest BCUT2D eigenvalue weighted by Crippen LogP contribution is -2.54. The summed E-state index contributed by atoms with van der Waals surface area (Å²) < 4.78 is 5.73. The molecule has 0 amide bonds. The zero-order valence-corrected chi connectivity index (χ0v) is 18.6. The largest absolute Gasteiger partial charge is 0.478 e. The van der Waals surface area contributed by atoms with Crippen LogP contribution in [0.4, 0.5) is 0 Å². The number of thioether (sulfide) groups is 1. The smallest absolute Gasteiger partial charge is 0.338 e. The first kappa shape index (κ1) is 22.3. The van der Waals surface area contributed by atoms with Gasteiger partial charge in [-0.15, -0.1) is 11.8 Å².